The molecule has 0 fully saturated rings. The highest BCUT2D eigenvalue weighted by Crippen LogP contribution is 2.40. The second-order valence-electron chi connectivity index (χ2n) is 8.68. The summed E-state index contributed by atoms with van der Waals surface area (Å²) in [6.07, 6.45) is 15.6. The topological polar surface area (TPSA) is 58.6 Å². The van der Waals surface area contributed by atoms with E-state index in [1.807, 2.05) is 25.2 Å². The maximum Gasteiger partial charge on any atom is 0.248 e. The number of ether oxygens (including phenoxy) is 1. The summed E-state index contributed by atoms with van der Waals surface area (Å²) in [6, 6.07) is 6.99. The molecule has 4 heteroatoms. The lowest BCUT2D eigenvalue weighted by Crippen LogP contribution is -2.19. The molecule has 1 aromatic rings. The molecule has 0 heterocycles. The van der Waals surface area contributed by atoms with Crippen molar-refractivity contribution in [2.24, 2.45) is 5.41 Å². The normalized spacial score (nSPS) is 17.5. The molecule has 0 bridgehead atoms. The van der Waals surface area contributed by atoms with Crippen LogP contribution in [0.1, 0.15) is 53.9 Å². The van der Waals surface area contributed by atoms with E-state index in [0.717, 1.165) is 11.1 Å². The van der Waals surface area contributed by atoms with Crippen LogP contribution in [0.2, 0.25) is 0 Å². The summed E-state index contributed by atoms with van der Waals surface area (Å²) in [5.41, 5.74) is 5.69. The number of aliphatic hydroxyl groups excluding tert-OH is 1. The van der Waals surface area contributed by atoms with Crippen LogP contribution in [0.15, 0.2) is 83.0 Å². The van der Waals surface area contributed by atoms with E-state index in [1.165, 1.54) is 36.5 Å². The number of amides is 1. The van der Waals surface area contributed by atoms with E-state index < -0.39 is 6.79 Å². The third-order valence-corrected chi connectivity index (χ3v) is 5.50. The van der Waals surface area contributed by atoms with E-state index in [9.17, 15) is 4.79 Å². The van der Waals surface area contributed by atoms with Gasteiger partial charge in [-0.25, -0.2) is 0 Å². The van der Waals surface area contributed by atoms with Gasteiger partial charge in [0.15, 0.2) is 6.79 Å². The number of anilines is 1. The minimum absolute atomic E-state index is 0.239. The Morgan fingerprint density at radius 3 is 2.65 bits per heavy atom. The summed E-state index contributed by atoms with van der Waals surface area (Å²) in [4.78, 5) is 12.3. The van der Waals surface area contributed by atoms with Crippen molar-refractivity contribution >= 4 is 11.6 Å². The van der Waals surface area contributed by atoms with Gasteiger partial charge in [0, 0.05) is 6.08 Å². The first-order valence-electron chi connectivity index (χ1n) is 10.8. The maximum absolute atomic E-state index is 12.3. The zero-order valence-electron chi connectivity index (χ0n) is 19.4. The van der Waals surface area contributed by atoms with Crippen molar-refractivity contribution in [3.05, 3.63) is 83.0 Å². The first-order valence-corrected chi connectivity index (χ1v) is 10.8. The number of aliphatic hydroxyl groups is 1. The van der Waals surface area contributed by atoms with Crippen LogP contribution in [0.3, 0.4) is 0 Å². The first kappa shape index (κ1) is 24.4. The molecule has 0 saturated carbocycles. The average Bonchev–Trinajstić information content (AvgIpc) is 2.68. The molecule has 2 rings (SSSR count). The number of para-hydroxylation sites is 2. The fraction of sp³-hybridized carbons (Fsp3) is 0.370. The molecule has 1 aromatic carbocycles. The second-order valence-corrected chi connectivity index (χ2v) is 8.68. The standard InChI is InChI=1S/C27H35NO3/c1-20(15-16-23-22(3)12-9-17-27(23,4)5)10-8-11-21(2)18-26(30)28-24-13-6-7-14-25(24)31-19-29/h6-8,10-11,13-16,18,29H,9,12,17,19H2,1-5H3,(H,28,30). The quantitative estimate of drug-likeness (QED) is 0.287. The van der Waals surface area contributed by atoms with Crippen molar-refractivity contribution in [2.45, 2.75) is 53.9 Å². The van der Waals surface area contributed by atoms with E-state index in [4.69, 9.17) is 9.84 Å². The predicted octanol–water partition coefficient (Wildman–Crippen LogP) is 6.49. The molecule has 0 aliphatic heterocycles. The van der Waals surface area contributed by atoms with E-state index in [-0.39, 0.29) is 11.3 Å². The molecule has 0 unspecified atom stereocenters. The summed E-state index contributed by atoms with van der Waals surface area (Å²) in [5, 5.41) is 11.7. The van der Waals surface area contributed by atoms with E-state index >= 15 is 0 Å². The van der Waals surface area contributed by atoms with E-state index in [2.05, 4.69) is 45.2 Å². The Bertz CT molecular complexity index is 930. The first-order chi connectivity index (χ1) is 14.7. The van der Waals surface area contributed by atoms with Gasteiger partial charge in [-0.2, -0.15) is 0 Å². The van der Waals surface area contributed by atoms with Crippen LogP contribution in [0.25, 0.3) is 0 Å². The van der Waals surface area contributed by atoms with Crippen molar-refractivity contribution in [1.29, 1.82) is 0 Å². The predicted molar refractivity (Wildman–Crippen MR) is 129 cm³/mol. The van der Waals surface area contributed by atoms with Crippen molar-refractivity contribution in [3.8, 4) is 5.75 Å². The number of carbonyl (C=O) groups excluding carboxylic acids is 1. The van der Waals surface area contributed by atoms with E-state index in [0.29, 0.717) is 11.4 Å². The molecule has 1 aliphatic carbocycles. The molecule has 0 radical (unpaired) electrons. The molecule has 166 valence electrons. The lowest BCUT2D eigenvalue weighted by atomic mass is 9.72. The van der Waals surface area contributed by atoms with Crippen molar-refractivity contribution in [1.82, 2.24) is 0 Å². The van der Waals surface area contributed by atoms with Gasteiger partial charge in [-0.1, -0.05) is 67.5 Å². The lowest BCUT2D eigenvalue weighted by molar-refractivity contribution is -0.112. The Labute approximate surface area is 186 Å². The number of benzene rings is 1. The van der Waals surface area contributed by atoms with E-state index in [1.54, 1.807) is 24.3 Å². The zero-order valence-corrected chi connectivity index (χ0v) is 19.4. The van der Waals surface area contributed by atoms with Gasteiger partial charge in [0.2, 0.25) is 5.91 Å². The second kappa shape index (κ2) is 11.5. The van der Waals surface area contributed by atoms with Gasteiger partial charge >= 0.3 is 0 Å². The summed E-state index contributed by atoms with van der Waals surface area (Å²) >= 11 is 0. The van der Waals surface area contributed by atoms with Crippen LogP contribution in [0.4, 0.5) is 5.69 Å². The summed E-state index contributed by atoms with van der Waals surface area (Å²) < 4.78 is 5.11. The number of allylic oxidation sites excluding steroid dienone is 9. The smallest absolute Gasteiger partial charge is 0.248 e. The SMILES string of the molecule is CC(C=CC1=C(C)CCCC1(C)C)=CC=CC(C)=CC(=O)Nc1ccccc1OCO. The van der Waals surface area contributed by atoms with Gasteiger partial charge in [-0.15, -0.1) is 0 Å². The molecule has 1 aliphatic rings. The molecule has 2 N–H and O–H groups in total. The van der Waals surface area contributed by atoms with Gasteiger partial charge in [-0.05, 0) is 68.7 Å². The zero-order chi connectivity index (χ0) is 22.9. The molecule has 1 amide bonds. The largest absolute Gasteiger partial charge is 0.466 e. The number of nitrogens with one attached hydrogen (secondary N) is 1. The minimum Gasteiger partial charge on any atom is -0.466 e. The molecule has 0 saturated heterocycles. The Morgan fingerprint density at radius 2 is 1.94 bits per heavy atom. The fourth-order valence-electron chi connectivity index (χ4n) is 3.82. The van der Waals surface area contributed by atoms with Crippen LogP contribution in [0.5, 0.6) is 5.75 Å². The van der Waals surface area contributed by atoms with Crippen LogP contribution >= 0.6 is 0 Å². The third kappa shape index (κ3) is 7.72. The number of hydrogen-bond donors (Lipinski definition) is 2. The monoisotopic (exact) mass is 421 g/mol. The highest BCUT2D eigenvalue weighted by molar-refractivity contribution is 6.00. The lowest BCUT2D eigenvalue weighted by Gasteiger charge is -2.32. The van der Waals surface area contributed by atoms with Crippen LogP contribution < -0.4 is 10.1 Å². The summed E-state index contributed by atoms with van der Waals surface area (Å²) in [6.45, 7) is 10.4. The molecule has 4 nitrogen and oxygen atoms in total. The van der Waals surface area contributed by atoms with Crippen LogP contribution in [-0.2, 0) is 4.79 Å². The fourth-order valence-corrected chi connectivity index (χ4v) is 3.82. The number of rotatable bonds is 8. The Hall–Kier alpha value is -2.85. The summed E-state index contributed by atoms with van der Waals surface area (Å²) in [5.74, 6) is 0.176. The Kier molecular flexibility index (Phi) is 9.07. The van der Waals surface area contributed by atoms with Gasteiger partial charge in [0.05, 0.1) is 5.69 Å². The van der Waals surface area contributed by atoms with Gasteiger partial charge in [-0.3, -0.25) is 4.79 Å². The Balaban J connectivity index is 1.99. The van der Waals surface area contributed by atoms with Gasteiger partial charge in [0.1, 0.15) is 5.75 Å². The highest BCUT2D eigenvalue weighted by Gasteiger charge is 2.26. The van der Waals surface area contributed by atoms with Crippen molar-refractivity contribution in [3.63, 3.8) is 0 Å². The third-order valence-electron chi connectivity index (χ3n) is 5.50. The number of carbonyl (C=O) groups is 1. The number of hydrogen-bond acceptors (Lipinski definition) is 3. The van der Waals surface area contributed by atoms with Crippen molar-refractivity contribution in [2.75, 3.05) is 12.1 Å². The van der Waals surface area contributed by atoms with Gasteiger partial charge < -0.3 is 15.2 Å². The molecule has 0 atom stereocenters. The molecular formula is C27H35NO3. The molecule has 0 spiro atoms. The minimum atomic E-state index is -0.445. The summed E-state index contributed by atoms with van der Waals surface area (Å²) in [7, 11) is 0. The van der Waals surface area contributed by atoms with Gasteiger partial charge in [0.25, 0.3) is 0 Å². The molecular weight excluding hydrogens is 386 g/mol. The molecule has 31 heavy (non-hydrogen) atoms. The highest BCUT2D eigenvalue weighted by atomic mass is 16.6. The Morgan fingerprint density at radius 1 is 1.19 bits per heavy atom. The molecule has 0 aromatic heterocycles. The van der Waals surface area contributed by atoms with Crippen molar-refractivity contribution < 1.29 is 14.6 Å². The average molecular weight is 422 g/mol. The van der Waals surface area contributed by atoms with Crippen LogP contribution in [-0.4, -0.2) is 17.8 Å². The van der Waals surface area contributed by atoms with Crippen LogP contribution in [0, 0.1) is 5.41 Å². The maximum atomic E-state index is 12.3.